The van der Waals surface area contributed by atoms with Gasteiger partial charge in [0, 0.05) is 5.56 Å². The number of ether oxygens (including phenoxy) is 1. The Morgan fingerprint density at radius 2 is 1.88 bits per heavy atom. The van der Waals surface area contributed by atoms with E-state index in [1.165, 1.54) is 0 Å². The molecule has 0 saturated heterocycles. The molecule has 1 aromatic rings. The molecule has 0 aliphatic heterocycles. The van der Waals surface area contributed by atoms with Crippen LogP contribution in [0.2, 0.25) is 0 Å². The van der Waals surface area contributed by atoms with Gasteiger partial charge in [-0.2, -0.15) is 0 Å². The summed E-state index contributed by atoms with van der Waals surface area (Å²) in [6, 6.07) is 5.22. The Bertz CT molecular complexity index is 414. The molecule has 0 heterocycles. The van der Waals surface area contributed by atoms with E-state index in [0.29, 0.717) is 0 Å². The second kappa shape index (κ2) is 4.78. The van der Waals surface area contributed by atoms with Gasteiger partial charge in [0.2, 0.25) is 0 Å². The Hall–Kier alpha value is -1.51. The number of phenols is 1. The van der Waals surface area contributed by atoms with Crippen molar-refractivity contribution < 1.29 is 14.6 Å². The minimum absolute atomic E-state index is 0.0500. The molecule has 0 radical (unpaired) electrons. The van der Waals surface area contributed by atoms with Gasteiger partial charge in [-0.05, 0) is 11.5 Å². The average molecular weight is 236 g/mol. The molecule has 0 bridgehead atoms. The molecule has 0 aliphatic rings. The van der Waals surface area contributed by atoms with Crippen LogP contribution < -0.4 is 4.74 Å². The molecule has 0 fully saturated rings. The first kappa shape index (κ1) is 13.6. The van der Waals surface area contributed by atoms with E-state index in [2.05, 4.69) is 0 Å². The minimum Gasteiger partial charge on any atom is -0.504 e. The molecule has 1 rings (SSSR count). The Balaban J connectivity index is 3.07. The first-order valence-electron chi connectivity index (χ1n) is 5.77. The summed E-state index contributed by atoms with van der Waals surface area (Å²) in [6.45, 7) is 9.50. The van der Waals surface area contributed by atoms with Crippen molar-refractivity contribution in [1.29, 1.82) is 0 Å². The summed E-state index contributed by atoms with van der Waals surface area (Å²) in [6.07, 6.45) is 0. The molecule has 0 aromatic heterocycles. The van der Waals surface area contributed by atoms with Gasteiger partial charge in [-0.1, -0.05) is 46.8 Å². The monoisotopic (exact) mass is 236 g/mol. The van der Waals surface area contributed by atoms with E-state index in [-0.39, 0.29) is 28.8 Å². The number of esters is 1. The van der Waals surface area contributed by atoms with Gasteiger partial charge in [0.05, 0.1) is 5.92 Å². The van der Waals surface area contributed by atoms with Gasteiger partial charge in [0.25, 0.3) is 0 Å². The maximum Gasteiger partial charge on any atom is 0.313 e. The largest absolute Gasteiger partial charge is 0.504 e. The number of para-hydroxylation sites is 1. The zero-order chi connectivity index (χ0) is 13.2. The normalized spacial score (nSPS) is 11.6. The van der Waals surface area contributed by atoms with Crippen LogP contribution in [0, 0.1) is 5.92 Å². The van der Waals surface area contributed by atoms with Crippen molar-refractivity contribution in [2.45, 2.75) is 40.0 Å². The lowest BCUT2D eigenvalue weighted by Gasteiger charge is -2.21. The highest BCUT2D eigenvalue weighted by Crippen LogP contribution is 2.37. The molecule has 1 aromatic carbocycles. The molecule has 0 unspecified atom stereocenters. The predicted molar refractivity (Wildman–Crippen MR) is 67.3 cm³/mol. The van der Waals surface area contributed by atoms with Gasteiger partial charge >= 0.3 is 5.97 Å². The predicted octanol–water partition coefficient (Wildman–Crippen LogP) is 3.25. The van der Waals surface area contributed by atoms with Gasteiger partial charge in [-0.15, -0.1) is 0 Å². The van der Waals surface area contributed by atoms with Crippen molar-refractivity contribution in [2.75, 3.05) is 0 Å². The van der Waals surface area contributed by atoms with E-state index in [1.807, 2.05) is 26.8 Å². The summed E-state index contributed by atoms with van der Waals surface area (Å²) in [7, 11) is 0. The lowest BCUT2D eigenvalue weighted by Crippen LogP contribution is -2.16. The molecule has 0 amide bonds. The second-order valence-corrected chi connectivity index (χ2v) is 5.48. The molecular weight excluding hydrogens is 216 g/mol. The van der Waals surface area contributed by atoms with Crippen molar-refractivity contribution in [3.05, 3.63) is 23.8 Å². The molecular formula is C14H20O3. The summed E-state index contributed by atoms with van der Waals surface area (Å²) in [5.74, 6) is -0.274. The van der Waals surface area contributed by atoms with Crippen LogP contribution in [0.5, 0.6) is 11.5 Å². The van der Waals surface area contributed by atoms with E-state index < -0.39 is 0 Å². The second-order valence-electron chi connectivity index (χ2n) is 5.48. The highest BCUT2D eigenvalue weighted by Gasteiger charge is 2.21. The lowest BCUT2D eigenvalue weighted by molar-refractivity contribution is -0.137. The number of phenolic OH excluding ortho intramolecular Hbond substituents is 1. The van der Waals surface area contributed by atoms with E-state index in [9.17, 15) is 9.90 Å². The molecule has 17 heavy (non-hydrogen) atoms. The first-order chi connectivity index (χ1) is 7.73. The lowest BCUT2D eigenvalue weighted by atomic mass is 9.86. The van der Waals surface area contributed by atoms with Crippen LogP contribution in [-0.2, 0) is 10.2 Å². The topological polar surface area (TPSA) is 46.5 Å². The highest BCUT2D eigenvalue weighted by molar-refractivity contribution is 5.75. The van der Waals surface area contributed by atoms with Crippen LogP contribution in [0.25, 0.3) is 0 Å². The maximum absolute atomic E-state index is 11.5. The zero-order valence-corrected chi connectivity index (χ0v) is 11.1. The van der Waals surface area contributed by atoms with Crippen molar-refractivity contribution in [1.82, 2.24) is 0 Å². The molecule has 0 aliphatic carbocycles. The minimum atomic E-state index is -0.341. The van der Waals surface area contributed by atoms with Crippen LogP contribution >= 0.6 is 0 Å². The summed E-state index contributed by atoms with van der Waals surface area (Å²) in [4.78, 5) is 11.5. The number of carbonyl (C=O) groups excluding carboxylic acids is 1. The quantitative estimate of drug-likeness (QED) is 0.633. The van der Waals surface area contributed by atoms with Crippen LogP contribution in [0.3, 0.4) is 0 Å². The van der Waals surface area contributed by atoms with E-state index in [1.54, 1.807) is 26.0 Å². The third kappa shape index (κ3) is 3.22. The summed E-state index contributed by atoms with van der Waals surface area (Å²) >= 11 is 0. The summed E-state index contributed by atoms with van der Waals surface area (Å²) in [5, 5.41) is 10.1. The van der Waals surface area contributed by atoms with E-state index >= 15 is 0 Å². The van der Waals surface area contributed by atoms with Gasteiger partial charge in [0.15, 0.2) is 11.5 Å². The number of hydrogen-bond donors (Lipinski definition) is 1. The number of rotatable bonds is 2. The van der Waals surface area contributed by atoms with Gasteiger partial charge in [0.1, 0.15) is 0 Å². The fourth-order valence-corrected chi connectivity index (χ4v) is 1.44. The Morgan fingerprint density at radius 3 is 2.35 bits per heavy atom. The number of hydrogen-bond acceptors (Lipinski definition) is 3. The van der Waals surface area contributed by atoms with Gasteiger partial charge < -0.3 is 9.84 Å². The summed E-state index contributed by atoms with van der Waals surface area (Å²) < 4.78 is 5.15. The van der Waals surface area contributed by atoms with E-state index in [0.717, 1.165) is 5.56 Å². The smallest absolute Gasteiger partial charge is 0.313 e. The van der Waals surface area contributed by atoms with Crippen molar-refractivity contribution in [3.63, 3.8) is 0 Å². The number of aromatic hydroxyl groups is 1. The van der Waals surface area contributed by atoms with Gasteiger partial charge in [-0.25, -0.2) is 0 Å². The third-order valence-corrected chi connectivity index (χ3v) is 2.49. The average Bonchev–Trinajstić information content (AvgIpc) is 2.19. The molecule has 0 spiro atoms. The molecule has 0 saturated carbocycles. The summed E-state index contributed by atoms with van der Waals surface area (Å²) in [5.41, 5.74) is 0.580. The fraction of sp³-hybridized carbons (Fsp3) is 0.500. The Morgan fingerprint density at radius 1 is 1.29 bits per heavy atom. The molecule has 3 heteroatoms. The van der Waals surface area contributed by atoms with E-state index in [4.69, 9.17) is 4.74 Å². The number of carbonyl (C=O) groups is 1. The SMILES string of the molecule is CC(C)C(=O)Oc1cccc(C(C)(C)C)c1O. The zero-order valence-electron chi connectivity index (χ0n) is 11.1. The van der Waals surface area contributed by atoms with Crippen LogP contribution in [0.15, 0.2) is 18.2 Å². The Labute approximate surface area is 102 Å². The van der Waals surface area contributed by atoms with Crippen molar-refractivity contribution >= 4 is 5.97 Å². The molecule has 94 valence electrons. The molecule has 3 nitrogen and oxygen atoms in total. The Kier molecular flexibility index (Phi) is 3.81. The van der Waals surface area contributed by atoms with Crippen molar-refractivity contribution in [2.24, 2.45) is 5.92 Å². The van der Waals surface area contributed by atoms with Crippen LogP contribution in [0.1, 0.15) is 40.2 Å². The fourth-order valence-electron chi connectivity index (χ4n) is 1.44. The highest BCUT2D eigenvalue weighted by atomic mass is 16.5. The third-order valence-electron chi connectivity index (χ3n) is 2.49. The van der Waals surface area contributed by atoms with Crippen LogP contribution in [0.4, 0.5) is 0 Å². The number of benzene rings is 1. The van der Waals surface area contributed by atoms with Crippen molar-refractivity contribution in [3.8, 4) is 11.5 Å². The molecule has 0 atom stereocenters. The first-order valence-corrected chi connectivity index (χ1v) is 5.77. The standard InChI is InChI=1S/C14H20O3/c1-9(2)13(16)17-11-8-6-7-10(12(11)15)14(3,4)5/h6-9,15H,1-5H3. The van der Waals surface area contributed by atoms with Gasteiger partial charge in [-0.3, -0.25) is 4.79 Å². The molecule has 1 N–H and O–H groups in total. The van der Waals surface area contributed by atoms with Crippen LogP contribution in [-0.4, -0.2) is 11.1 Å². The maximum atomic E-state index is 11.5.